The number of phenolic OH excluding ortho intramolecular Hbond substituents is 1. The van der Waals surface area contributed by atoms with Crippen LogP contribution in [-0.2, 0) is 13.0 Å². The number of aromatic hydroxyl groups is 1. The van der Waals surface area contributed by atoms with Crippen LogP contribution in [0.3, 0.4) is 0 Å². The second kappa shape index (κ2) is 9.53. The molecule has 6 nitrogen and oxygen atoms in total. The molecular formula is C25H27ClFN5O. The predicted octanol–water partition coefficient (Wildman–Crippen LogP) is 4.69. The first-order chi connectivity index (χ1) is 16.1. The summed E-state index contributed by atoms with van der Waals surface area (Å²) in [5.74, 6) is 0.972. The highest BCUT2D eigenvalue weighted by Gasteiger charge is 2.35. The van der Waals surface area contributed by atoms with Gasteiger partial charge in [0, 0.05) is 36.3 Å². The molecule has 2 aliphatic heterocycles. The smallest absolute Gasteiger partial charge is 0.224 e. The summed E-state index contributed by atoms with van der Waals surface area (Å²) < 4.78 is 13.7. The Balaban J connectivity index is 1.40. The van der Waals surface area contributed by atoms with Crippen LogP contribution < -0.4 is 15.5 Å². The van der Waals surface area contributed by atoms with Gasteiger partial charge in [0.2, 0.25) is 5.95 Å². The molecule has 0 spiro atoms. The van der Waals surface area contributed by atoms with Gasteiger partial charge in [-0.15, -0.1) is 0 Å². The Morgan fingerprint density at radius 1 is 1.24 bits per heavy atom. The maximum atomic E-state index is 13.7. The maximum Gasteiger partial charge on any atom is 0.224 e. The largest absolute Gasteiger partial charge is 0.505 e. The molecule has 33 heavy (non-hydrogen) atoms. The molecule has 8 heteroatoms. The predicted molar refractivity (Wildman–Crippen MR) is 128 cm³/mol. The monoisotopic (exact) mass is 467 g/mol. The summed E-state index contributed by atoms with van der Waals surface area (Å²) >= 11 is 6.59. The van der Waals surface area contributed by atoms with Crippen LogP contribution in [0.5, 0.6) is 5.75 Å². The Morgan fingerprint density at radius 2 is 2.12 bits per heavy atom. The van der Waals surface area contributed by atoms with Gasteiger partial charge in [-0.2, -0.15) is 4.98 Å². The van der Waals surface area contributed by atoms with Crippen LogP contribution in [0.2, 0.25) is 5.02 Å². The summed E-state index contributed by atoms with van der Waals surface area (Å²) in [5, 5.41) is 16.9. The lowest BCUT2D eigenvalue weighted by atomic mass is 9.97. The minimum atomic E-state index is -0.640. The Hall–Kier alpha value is -2.90. The lowest BCUT2D eigenvalue weighted by molar-refractivity contribution is 0.370. The fourth-order valence-electron chi connectivity index (χ4n) is 4.78. The molecule has 2 aliphatic rings. The fraction of sp³-hybridized carbons (Fsp3) is 0.360. The van der Waals surface area contributed by atoms with E-state index in [4.69, 9.17) is 16.6 Å². The number of hydrogen-bond donors (Lipinski definition) is 3. The topological polar surface area (TPSA) is 73.3 Å². The Morgan fingerprint density at radius 3 is 2.91 bits per heavy atom. The van der Waals surface area contributed by atoms with E-state index in [1.54, 1.807) is 6.07 Å². The van der Waals surface area contributed by atoms with Crippen molar-refractivity contribution in [1.29, 1.82) is 0 Å². The van der Waals surface area contributed by atoms with Crippen molar-refractivity contribution in [2.45, 2.75) is 31.8 Å². The van der Waals surface area contributed by atoms with Gasteiger partial charge in [-0.25, -0.2) is 9.37 Å². The highest BCUT2D eigenvalue weighted by Crippen LogP contribution is 2.42. The Labute approximate surface area is 197 Å². The summed E-state index contributed by atoms with van der Waals surface area (Å²) in [7, 11) is 0. The highest BCUT2D eigenvalue weighted by atomic mass is 35.5. The van der Waals surface area contributed by atoms with Gasteiger partial charge in [0.05, 0.1) is 6.04 Å². The number of halogens is 2. The molecular weight excluding hydrogens is 441 g/mol. The lowest BCUT2D eigenvalue weighted by Crippen LogP contribution is -2.39. The Bertz CT molecular complexity index is 1140. The molecule has 3 heterocycles. The van der Waals surface area contributed by atoms with Gasteiger partial charge in [-0.1, -0.05) is 35.9 Å². The van der Waals surface area contributed by atoms with Crippen molar-refractivity contribution in [1.82, 2.24) is 15.3 Å². The summed E-state index contributed by atoms with van der Waals surface area (Å²) in [4.78, 5) is 11.7. The van der Waals surface area contributed by atoms with Crippen LogP contribution in [0.15, 0.2) is 48.7 Å². The van der Waals surface area contributed by atoms with Gasteiger partial charge >= 0.3 is 0 Å². The van der Waals surface area contributed by atoms with Crippen molar-refractivity contribution in [3.05, 3.63) is 76.2 Å². The molecule has 1 fully saturated rings. The number of nitrogens with zero attached hydrogens (tertiary/aromatic N) is 3. The van der Waals surface area contributed by atoms with Crippen molar-refractivity contribution in [2.75, 3.05) is 29.9 Å². The summed E-state index contributed by atoms with van der Waals surface area (Å²) in [6.45, 7) is 3.34. The number of fused-ring (bicyclic) bond motifs is 1. The molecule has 1 saturated heterocycles. The van der Waals surface area contributed by atoms with E-state index in [-0.39, 0.29) is 11.8 Å². The average molecular weight is 468 g/mol. The molecule has 0 bridgehead atoms. The third kappa shape index (κ3) is 4.75. The van der Waals surface area contributed by atoms with E-state index in [1.807, 2.05) is 24.4 Å². The van der Waals surface area contributed by atoms with Crippen molar-refractivity contribution >= 4 is 23.4 Å². The molecule has 1 unspecified atom stereocenters. The molecule has 2 atom stereocenters. The number of benzene rings is 2. The van der Waals surface area contributed by atoms with Crippen molar-refractivity contribution in [3.8, 4) is 5.75 Å². The van der Waals surface area contributed by atoms with E-state index in [1.165, 1.54) is 25.0 Å². The third-order valence-electron chi connectivity index (χ3n) is 6.48. The zero-order valence-electron chi connectivity index (χ0n) is 18.3. The second-order valence-electron chi connectivity index (χ2n) is 8.79. The molecule has 0 radical (unpaired) electrons. The normalized spacial score (nSPS) is 20.0. The summed E-state index contributed by atoms with van der Waals surface area (Å²) in [6.07, 6.45) is 5.06. The van der Waals surface area contributed by atoms with Gasteiger partial charge < -0.3 is 20.6 Å². The molecule has 1 aromatic heterocycles. The van der Waals surface area contributed by atoms with E-state index in [0.29, 0.717) is 24.0 Å². The number of phenols is 1. The molecule has 0 amide bonds. The zero-order valence-corrected chi connectivity index (χ0v) is 19.0. The van der Waals surface area contributed by atoms with Crippen molar-refractivity contribution < 1.29 is 9.50 Å². The van der Waals surface area contributed by atoms with Crippen molar-refractivity contribution in [3.63, 3.8) is 0 Å². The van der Waals surface area contributed by atoms with Crippen LogP contribution in [0, 0.1) is 11.7 Å². The van der Waals surface area contributed by atoms with Gasteiger partial charge in [-0.3, -0.25) is 0 Å². The first kappa shape index (κ1) is 21.9. The van der Waals surface area contributed by atoms with Gasteiger partial charge in [0.1, 0.15) is 5.82 Å². The highest BCUT2D eigenvalue weighted by molar-refractivity contribution is 6.31. The van der Waals surface area contributed by atoms with E-state index in [0.717, 1.165) is 48.0 Å². The van der Waals surface area contributed by atoms with Crippen LogP contribution >= 0.6 is 11.6 Å². The van der Waals surface area contributed by atoms with E-state index >= 15 is 0 Å². The molecule has 2 aromatic carbocycles. The summed E-state index contributed by atoms with van der Waals surface area (Å²) in [6, 6.07) is 12.5. The lowest BCUT2D eigenvalue weighted by Gasteiger charge is -2.33. The summed E-state index contributed by atoms with van der Waals surface area (Å²) in [5.41, 5.74) is 2.91. The number of nitrogens with one attached hydrogen (secondary N) is 2. The van der Waals surface area contributed by atoms with Crippen LogP contribution in [0.1, 0.15) is 35.6 Å². The van der Waals surface area contributed by atoms with Gasteiger partial charge in [0.25, 0.3) is 0 Å². The standard InChI is InChI=1S/C25H27ClFN5O/c26-20-6-2-1-5-19(20)22-11-18-14-30-25(29-13-16-7-8-23(33)21(27)10-16)31-24(18)32(22)15-17-4-3-9-28-12-17/h1-2,5-8,10,14,17,22,28,33H,3-4,9,11-13,15H2,(H,29,30,31)/t17-,22?/m1/s1. The van der Waals surface area contributed by atoms with Crippen LogP contribution in [0.4, 0.5) is 16.2 Å². The molecule has 172 valence electrons. The second-order valence-corrected chi connectivity index (χ2v) is 9.20. The fourth-order valence-corrected chi connectivity index (χ4v) is 5.04. The number of aromatic nitrogens is 2. The average Bonchev–Trinajstić information content (AvgIpc) is 3.18. The molecule has 3 N–H and O–H groups in total. The number of anilines is 2. The molecule has 0 aliphatic carbocycles. The molecule has 3 aromatic rings. The van der Waals surface area contributed by atoms with Crippen LogP contribution in [0.25, 0.3) is 0 Å². The third-order valence-corrected chi connectivity index (χ3v) is 6.83. The SMILES string of the molecule is Oc1ccc(CNc2ncc3c(n2)N(C[C@@H]2CCCNC2)C(c2ccccc2Cl)C3)cc1F. The van der Waals surface area contributed by atoms with Gasteiger partial charge in [-0.05, 0) is 61.2 Å². The molecule has 0 saturated carbocycles. The number of hydrogen-bond acceptors (Lipinski definition) is 6. The minimum Gasteiger partial charge on any atom is -0.505 e. The number of rotatable bonds is 6. The zero-order chi connectivity index (χ0) is 22.8. The first-order valence-electron chi connectivity index (χ1n) is 11.4. The van der Waals surface area contributed by atoms with Crippen LogP contribution in [-0.4, -0.2) is 34.7 Å². The van der Waals surface area contributed by atoms with Gasteiger partial charge in [0.15, 0.2) is 11.6 Å². The first-order valence-corrected chi connectivity index (χ1v) is 11.8. The van der Waals surface area contributed by atoms with E-state index < -0.39 is 5.82 Å². The Kier molecular flexibility index (Phi) is 6.33. The minimum absolute atomic E-state index is 0.117. The quantitative estimate of drug-likeness (QED) is 0.488. The van der Waals surface area contributed by atoms with Crippen molar-refractivity contribution in [2.24, 2.45) is 5.92 Å². The van der Waals surface area contributed by atoms with E-state index in [2.05, 4.69) is 26.6 Å². The maximum absolute atomic E-state index is 13.7. The molecule has 5 rings (SSSR count). The number of piperidine rings is 1. The van der Waals surface area contributed by atoms with E-state index in [9.17, 15) is 9.50 Å².